The van der Waals surface area contributed by atoms with Crippen molar-refractivity contribution >= 4 is 17.3 Å². The van der Waals surface area contributed by atoms with Gasteiger partial charge in [0, 0.05) is 19.1 Å². The fraction of sp³-hybridized carbons (Fsp3) is 0.533. The number of nitrogens with one attached hydrogen (secondary N) is 2. The number of hydrogen-bond donors (Lipinski definition) is 2. The van der Waals surface area contributed by atoms with Crippen LogP contribution in [0, 0.1) is 0 Å². The Balaban J connectivity index is 1.53. The molecule has 3 nitrogen and oxygen atoms in total. The Hall–Kier alpha value is -1.13. The second kappa shape index (κ2) is 7.46. The van der Waals surface area contributed by atoms with E-state index in [0.717, 1.165) is 31.2 Å². The van der Waals surface area contributed by atoms with E-state index in [9.17, 15) is 0 Å². The van der Waals surface area contributed by atoms with Gasteiger partial charge in [-0.2, -0.15) is 0 Å². The van der Waals surface area contributed by atoms with Crippen molar-refractivity contribution in [3.8, 4) is 0 Å². The van der Waals surface area contributed by atoms with Gasteiger partial charge in [-0.15, -0.1) is 0 Å². The van der Waals surface area contributed by atoms with Crippen molar-refractivity contribution in [3.05, 3.63) is 35.9 Å². The van der Waals surface area contributed by atoms with Crippen LogP contribution in [0.2, 0.25) is 0 Å². The maximum absolute atomic E-state index is 5.22. The number of nitrogens with zero attached hydrogens (tertiary/aromatic N) is 1. The second-order valence-corrected chi connectivity index (χ2v) is 5.66. The van der Waals surface area contributed by atoms with Crippen LogP contribution >= 0.6 is 12.2 Å². The average molecular weight is 277 g/mol. The van der Waals surface area contributed by atoms with Crippen molar-refractivity contribution in [1.82, 2.24) is 15.5 Å². The molecule has 1 fully saturated rings. The summed E-state index contributed by atoms with van der Waals surface area (Å²) in [6.45, 7) is 3.03. The number of rotatable bonds is 7. The predicted octanol–water partition coefficient (Wildman–Crippen LogP) is 2.13. The van der Waals surface area contributed by atoms with Crippen molar-refractivity contribution in [2.24, 2.45) is 0 Å². The molecule has 1 aromatic rings. The minimum absolute atomic E-state index is 0.640. The molecule has 2 rings (SSSR count). The van der Waals surface area contributed by atoms with Crippen LogP contribution in [0.25, 0.3) is 0 Å². The van der Waals surface area contributed by atoms with E-state index in [1.807, 2.05) is 0 Å². The minimum atomic E-state index is 0.640. The SMILES string of the molecule is CN(CCCNC(=S)NC1CC1)Cc1ccccc1. The molecule has 0 aromatic heterocycles. The summed E-state index contributed by atoms with van der Waals surface area (Å²) in [4.78, 5) is 2.34. The van der Waals surface area contributed by atoms with Gasteiger partial charge in [-0.05, 0) is 50.6 Å². The fourth-order valence-corrected chi connectivity index (χ4v) is 2.26. The van der Waals surface area contributed by atoms with E-state index in [0.29, 0.717) is 6.04 Å². The van der Waals surface area contributed by atoms with E-state index >= 15 is 0 Å². The number of hydrogen-bond acceptors (Lipinski definition) is 2. The lowest BCUT2D eigenvalue weighted by atomic mass is 10.2. The average Bonchev–Trinajstić information content (AvgIpc) is 3.20. The Morgan fingerprint density at radius 1 is 1.32 bits per heavy atom. The van der Waals surface area contributed by atoms with Gasteiger partial charge in [0.2, 0.25) is 0 Å². The molecule has 0 radical (unpaired) electrons. The van der Waals surface area contributed by atoms with Crippen LogP contribution in [0.3, 0.4) is 0 Å². The first-order valence-electron chi connectivity index (χ1n) is 7.01. The summed E-state index contributed by atoms with van der Waals surface area (Å²) in [7, 11) is 2.16. The summed E-state index contributed by atoms with van der Waals surface area (Å²) < 4.78 is 0. The molecule has 0 spiro atoms. The molecule has 0 heterocycles. The molecule has 2 N–H and O–H groups in total. The smallest absolute Gasteiger partial charge is 0.166 e. The second-order valence-electron chi connectivity index (χ2n) is 5.25. The maximum Gasteiger partial charge on any atom is 0.166 e. The Kier molecular flexibility index (Phi) is 5.61. The summed E-state index contributed by atoms with van der Waals surface area (Å²) in [6.07, 6.45) is 3.64. The molecule has 0 saturated heterocycles. The topological polar surface area (TPSA) is 27.3 Å². The van der Waals surface area contributed by atoms with Gasteiger partial charge in [0.1, 0.15) is 0 Å². The van der Waals surface area contributed by atoms with Crippen molar-refractivity contribution in [2.75, 3.05) is 20.1 Å². The van der Waals surface area contributed by atoms with Crippen LogP contribution < -0.4 is 10.6 Å². The van der Waals surface area contributed by atoms with Gasteiger partial charge >= 0.3 is 0 Å². The molecule has 19 heavy (non-hydrogen) atoms. The Morgan fingerprint density at radius 3 is 2.74 bits per heavy atom. The molecule has 0 aliphatic heterocycles. The van der Waals surface area contributed by atoms with E-state index in [1.54, 1.807) is 0 Å². The molecule has 4 heteroatoms. The third kappa shape index (κ3) is 6.03. The molecular weight excluding hydrogens is 254 g/mol. The van der Waals surface area contributed by atoms with Crippen LogP contribution in [0.5, 0.6) is 0 Å². The summed E-state index contributed by atoms with van der Waals surface area (Å²) >= 11 is 5.22. The molecule has 1 aliphatic carbocycles. The summed E-state index contributed by atoms with van der Waals surface area (Å²) in [5.41, 5.74) is 1.36. The van der Waals surface area contributed by atoms with E-state index in [2.05, 4.69) is 52.9 Å². The predicted molar refractivity (Wildman–Crippen MR) is 84.2 cm³/mol. The van der Waals surface area contributed by atoms with Crippen molar-refractivity contribution in [2.45, 2.75) is 31.8 Å². The van der Waals surface area contributed by atoms with Gasteiger partial charge in [-0.3, -0.25) is 0 Å². The molecule has 0 atom stereocenters. The van der Waals surface area contributed by atoms with Gasteiger partial charge in [0.25, 0.3) is 0 Å². The van der Waals surface area contributed by atoms with Gasteiger partial charge < -0.3 is 15.5 Å². The van der Waals surface area contributed by atoms with Crippen molar-refractivity contribution in [3.63, 3.8) is 0 Å². The normalized spacial score (nSPS) is 14.4. The zero-order chi connectivity index (χ0) is 13.5. The number of thiocarbonyl (C=S) groups is 1. The highest BCUT2D eigenvalue weighted by Gasteiger charge is 2.21. The minimum Gasteiger partial charge on any atom is -0.363 e. The highest BCUT2D eigenvalue weighted by atomic mass is 32.1. The molecule has 1 aromatic carbocycles. The summed E-state index contributed by atoms with van der Waals surface area (Å²) in [5, 5.41) is 7.37. The van der Waals surface area contributed by atoms with Crippen LogP contribution in [-0.2, 0) is 6.54 Å². The molecule has 0 unspecified atom stereocenters. The van der Waals surface area contributed by atoms with Crippen LogP contribution in [0.1, 0.15) is 24.8 Å². The third-order valence-corrected chi connectivity index (χ3v) is 3.47. The standard InChI is InChI=1S/C15H23N3S/c1-18(12-13-6-3-2-4-7-13)11-5-10-16-15(19)17-14-8-9-14/h2-4,6-7,14H,5,8-12H2,1H3,(H2,16,17,19). The molecule has 1 aliphatic rings. The Bertz CT molecular complexity index is 390. The first-order chi connectivity index (χ1) is 9.24. The van der Waals surface area contributed by atoms with Crippen LogP contribution in [0.4, 0.5) is 0 Å². The summed E-state index contributed by atoms with van der Waals surface area (Å²) in [5.74, 6) is 0. The number of benzene rings is 1. The van der Waals surface area contributed by atoms with Gasteiger partial charge in [-0.25, -0.2) is 0 Å². The highest BCUT2D eigenvalue weighted by molar-refractivity contribution is 7.80. The van der Waals surface area contributed by atoms with Gasteiger partial charge in [-0.1, -0.05) is 30.3 Å². The van der Waals surface area contributed by atoms with E-state index < -0.39 is 0 Å². The van der Waals surface area contributed by atoms with E-state index in [4.69, 9.17) is 12.2 Å². The molecule has 0 bridgehead atoms. The zero-order valence-electron chi connectivity index (χ0n) is 11.6. The van der Waals surface area contributed by atoms with Crippen molar-refractivity contribution in [1.29, 1.82) is 0 Å². The molecular formula is C15H23N3S. The first kappa shape index (κ1) is 14.3. The zero-order valence-corrected chi connectivity index (χ0v) is 12.4. The Labute approximate surface area is 121 Å². The lowest BCUT2D eigenvalue weighted by Crippen LogP contribution is -2.37. The quantitative estimate of drug-likeness (QED) is 0.590. The maximum atomic E-state index is 5.22. The fourth-order valence-electron chi connectivity index (χ4n) is 1.99. The molecule has 0 amide bonds. The largest absolute Gasteiger partial charge is 0.363 e. The van der Waals surface area contributed by atoms with Gasteiger partial charge in [0.15, 0.2) is 5.11 Å². The molecule has 1 saturated carbocycles. The lowest BCUT2D eigenvalue weighted by molar-refractivity contribution is 0.322. The lowest BCUT2D eigenvalue weighted by Gasteiger charge is -2.17. The van der Waals surface area contributed by atoms with Gasteiger partial charge in [0.05, 0.1) is 0 Å². The highest BCUT2D eigenvalue weighted by Crippen LogP contribution is 2.18. The van der Waals surface area contributed by atoms with E-state index in [1.165, 1.54) is 18.4 Å². The van der Waals surface area contributed by atoms with Crippen molar-refractivity contribution < 1.29 is 0 Å². The first-order valence-corrected chi connectivity index (χ1v) is 7.42. The Morgan fingerprint density at radius 2 is 2.05 bits per heavy atom. The van der Waals surface area contributed by atoms with Crippen LogP contribution in [0.15, 0.2) is 30.3 Å². The summed E-state index contributed by atoms with van der Waals surface area (Å²) in [6, 6.07) is 11.2. The van der Waals surface area contributed by atoms with Crippen LogP contribution in [-0.4, -0.2) is 36.2 Å². The van der Waals surface area contributed by atoms with E-state index in [-0.39, 0.29) is 0 Å². The monoisotopic (exact) mass is 277 g/mol. The third-order valence-electron chi connectivity index (χ3n) is 3.21. The molecule has 104 valence electrons.